The number of anilines is 1. The quantitative estimate of drug-likeness (QED) is 0.733. The van der Waals surface area contributed by atoms with Crippen LogP contribution >= 0.6 is 0 Å². The number of aryl methyl sites for hydroxylation is 1. The van der Waals surface area contributed by atoms with Crippen LogP contribution in [0.1, 0.15) is 25.2 Å². The molecule has 2 N–H and O–H groups in total. The van der Waals surface area contributed by atoms with Gasteiger partial charge in [-0.15, -0.1) is 0 Å². The predicted molar refractivity (Wildman–Crippen MR) is 63.9 cm³/mol. The zero-order chi connectivity index (χ0) is 11.9. The molecule has 0 aliphatic carbocycles. The first-order valence-electron chi connectivity index (χ1n) is 6.25. The number of nitrogens with two attached hydrogens (primary N) is 1. The topological polar surface area (TPSA) is 77.4 Å². The van der Waals surface area contributed by atoms with Gasteiger partial charge in [-0.25, -0.2) is 0 Å². The molecule has 96 valence electrons. The Bertz CT molecular complexity index is 323. The summed E-state index contributed by atoms with van der Waals surface area (Å²) in [6, 6.07) is 0. The lowest BCUT2D eigenvalue weighted by Crippen LogP contribution is -2.36. The van der Waals surface area contributed by atoms with Crippen molar-refractivity contribution in [2.45, 2.75) is 25.7 Å². The van der Waals surface area contributed by atoms with Crippen LogP contribution in [0.5, 0.6) is 0 Å². The normalized spacial score (nSPS) is 16.4. The van der Waals surface area contributed by atoms with Crippen LogP contribution in [0.4, 0.5) is 5.95 Å². The molecule has 1 aliphatic heterocycles. The molecule has 6 nitrogen and oxygen atoms in total. The monoisotopic (exact) mass is 240 g/mol. The molecule has 0 aromatic carbocycles. The largest absolute Gasteiger partial charge is 0.378 e. The Morgan fingerprint density at radius 3 is 2.76 bits per heavy atom. The average molecular weight is 240 g/mol. The molecule has 2 rings (SSSR count). The van der Waals surface area contributed by atoms with Gasteiger partial charge < -0.3 is 19.9 Å². The average Bonchev–Trinajstić information content (AvgIpc) is 2.85. The Labute approximate surface area is 101 Å². The fraction of sp³-hybridized carbons (Fsp3) is 0.818. The molecule has 1 saturated heterocycles. The second-order valence-electron chi connectivity index (χ2n) is 4.19. The van der Waals surface area contributed by atoms with Crippen LogP contribution in [0.3, 0.4) is 0 Å². The van der Waals surface area contributed by atoms with Gasteiger partial charge in [0, 0.05) is 19.5 Å². The van der Waals surface area contributed by atoms with Crippen LogP contribution in [0.15, 0.2) is 4.52 Å². The van der Waals surface area contributed by atoms with Crippen molar-refractivity contribution in [3.63, 3.8) is 0 Å². The Morgan fingerprint density at radius 2 is 2.00 bits per heavy atom. The molecular weight excluding hydrogens is 220 g/mol. The first-order chi connectivity index (χ1) is 8.40. The Hall–Kier alpha value is -1.14. The van der Waals surface area contributed by atoms with Crippen molar-refractivity contribution in [2.75, 3.05) is 37.7 Å². The van der Waals surface area contributed by atoms with E-state index in [0.717, 1.165) is 64.4 Å². The molecule has 1 aliphatic rings. The maximum absolute atomic E-state index is 5.44. The highest BCUT2D eigenvalue weighted by atomic mass is 16.5. The molecule has 2 heterocycles. The summed E-state index contributed by atoms with van der Waals surface area (Å²) in [7, 11) is 0. The molecule has 0 unspecified atom stereocenters. The number of unbranched alkanes of at least 4 members (excludes halogenated alkanes) is 2. The maximum Gasteiger partial charge on any atom is 0.266 e. The molecule has 0 amide bonds. The minimum Gasteiger partial charge on any atom is -0.378 e. The summed E-state index contributed by atoms with van der Waals surface area (Å²) in [5.41, 5.74) is 5.44. The zero-order valence-electron chi connectivity index (χ0n) is 10.1. The molecule has 0 radical (unpaired) electrons. The van der Waals surface area contributed by atoms with Gasteiger partial charge in [0.05, 0.1) is 13.2 Å². The SMILES string of the molecule is NCCCCCc1nc(N2CCOCC2)no1. The first-order valence-corrected chi connectivity index (χ1v) is 6.25. The van der Waals surface area contributed by atoms with E-state index >= 15 is 0 Å². The van der Waals surface area contributed by atoms with Crippen molar-refractivity contribution in [3.8, 4) is 0 Å². The Balaban J connectivity index is 1.78. The molecule has 0 spiro atoms. The molecule has 1 fully saturated rings. The van der Waals surface area contributed by atoms with Gasteiger partial charge in [-0.1, -0.05) is 6.42 Å². The smallest absolute Gasteiger partial charge is 0.266 e. The number of rotatable bonds is 6. The van der Waals surface area contributed by atoms with Crippen LogP contribution in [0.25, 0.3) is 0 Å². The summed E-state index contributed by atoms with van der Waals surface area (Å²) in [6.07, 6.45) is 4.08. The highest BCUT2D eigenvalue weighted by molar-refractivity contribution is 5.27. The van der Waals surface area contributed by atoms with Gasteiger partial charge >= 0.3 is 0 Å². The van der Waals surface area contributed by atoms with Gasteiger partial charge in [0.25, 0.3) is 5.95 Å². The number of hydrogen-bond donors (Lipinski definition) is 1. The number of ether oxygens (including phenoxy) is 1. The van der Waals surface area contributed by atoms with Crippen molar-refractivity contribution >= 4 is 5.95 Å². The number of nitrogens with zero attached hydrogens (tertiary/aromatic N) is 3. The molecule has 0 atom stereocenters. The van der Waals surface area contributed by atoms with Gasteiger partial charge in [0.1, 0.15) is 0 Å². The molecule has 6 heteroatoms. The second-order valence-corrected chi connectivity index (χ2v) is 4.19. The third kappa shape index (κ3) is 3.67. The van der Waals surface area contributed by atoms with Crippen LogP contribution in [0.2, 0.25) is 0 Å². The molecule has 1 aromatic rings. The molecular formula is C11H20N4O2. The summed E-state index contributed by atoms with van der Waals surface area (Å²) in [5, 5.41) is 4.00. The van der Waals surface area contributed by atoms with Crippen LogP contribution < -0.4 is 10.6 Å². The summed E-state index contributed by atoms with van der Waals surface area (Å²) in [6.45, 7) is 3.90. The van der Waals surface area contributed by atoms with Crippen LogP contribution in [-0.2, 0) is 11.2 Å². The molecule has 1 aromatic heterocycles. The van der Waals surface area contributed by atoms with E-state index in [1.165, 1.54) is 0 Å². The Kier molecular flexibility index (Phi) is 4.75. The second kappa shape index (κ2) is 6.56. The van der Waals surface area contributed by atoms with Gasteiger partial charge in [-0.3, -0.25) is 0 Å². The fourth-order valence-corrected chi connectivity index (χ4v) is 1.84. The van der Waals surface area contributed by atoms with Crippen molar-refractivity contribution in [1.82, 2.24) is 10.1 Å². The highest BCUT2D eigenvalue weighted by Crippen LogP contribution is 2.12. The van der Waals surface area contributed by atoms with Gasteiger partial charge in [0.15, 0.2) is 0 Å². The third-order valence-electron chi connectivity index (χ3n) is 2.85. The summed E-state index contributed by atoms with van der Waals surface area (Å²) >= 11 is 0. The van der Waals surface area contributed by atoms with E-state index < -0.39 is 0 Å². The van der Waals surface area contributed by atoms with E-state index in [0.29, 0.717) is 5.95 Å². The van der Waals surface area contributed by atoms with Gasteiger partial charge in [-0.2, -0.15) is 4.98 Å². The minimum absolute atomic E-state index is 0.696. The van der Waals surface area contributed by atoms with Crippen LogP contribution in [-0.4, -0.2) is 43.0 Å². The highest BCUT2D eigenvalue weighted by Gasteiger charge is 2.16. The van der Waals surface area contributed by atoms with Crippen molar-refractivity contribution in [2.24, 2.45) is 5.73 Å². The molecule has 0 saturated carbocycles. The third-order valence-corrected chi connectivity index (χ3v) is 2.85. The van der Waals surface area contributed by atoms with Gasteiger partial charge in [-0.05, 0) is 24.5 Å². The Morgan fingerprint density at radius 1 is 1.18 bits per heavy atom. The number of hydrogen-bond acceptors (Lipinski definition) is 6. The minimum atomic E-state index is 0.696. The lowest BCUT2D eigenvalue weighted by Gasteiger charge is -2.24. The van der Waals surface area contributed by atoms with E-state index in [1.54, 1.807) is 0 Å². The fourth-order valence-electron chi connectivity index (χ4n) is 1.84. The predicted octanol–water partition coefficient (Wildman–Crippen LogP) is 0.578. The zero-order valence-corrected chi connectivity index (χ0v) is 10.1. The standard InChI is InChI=1S/C11H20N4O2/c12-5-3-1-2-4-10-13-11(14-17-10)15-6-8-16-9-7-15/h1-9,12H2. The maximum atomic E-state index is 5.44. The van der Waals surface area contributed by atoms with Crippen LogP contribution in [0, 0.1) is 0 Å². The first kappa shape index (κ1) is 12.3. The van der Waals surface area contributed by atoms with Crippen molar-refractivity contribution in [3.05, 3.63) is 5.89 Å². The molecule has 17 heavy (non-hydrogen) atoms. The van der Waals surface area contributed by atoms with E-state index in [4.69, 9.17) is 15.0 Å². The summed E-state index contributed by atoms with van der Waals surface area (Å²) in [4.78, 5) is 6.49. The lowest BCUT2D eigenvalue weighted by atomic mass is 10.2. The summed E-state index contributed by atoms with van der Waals surface area (Å²) in [5.74, 6) is 1.42. The van der Waals surface area contributed by atoms with E-state index in [-0.39, 0.29) is 0 Å². The van der Waals surface area contributed by atoms with Crippen molar-refractivity contribution < 1.29 is 9.26 Å². The lowest BCUT2D eigenvalue weighted by molar-refractivity contribution is 0.121. The van der Waals surface area contributed by atoms with Crippen molar-refractivity contribution in [1.29, 1.82) is 0 Å². The van der Waals surface area contributed by atoms with E-state index in [9.17, 15) is 0 Å². The summed E-state index contributed by atoms with van der Waals surface area (Å²) < 4.78 is 10.5. The number of morpholine rings is 1. The van der Waals surface area contributed by atoms with Gasteiger partial charge in [0.2, 0.25) is 5.89 Å². The van der Waals surface area contributed by atoms with E-state index in [1.807, 2.05) is 0 Å². The molecule has 0 bridgehead atoms. The van der Waals surface area contributed by atoms with E-state index in [2.05, 4.69) is 15.0 Å². The number of aromatic nitrogens is 2.